The third-order valence-corrected chi connectivity index (χ3v) is 7.20. The van der Waals surface area contributed by atoms with Crippen LogP contribution in [0.3, 0.4) is 0 Å². The van der Waals surface area contributed by atoms with Gasteiger partial charge in [0, 0.05) is 42.5 Å². The smallest absolute Gasteiger partial charge is 0.416 e. The van der Waals surface area contributed by atoms with Gasteiger partial charge in [0.2, 0.25) is 0 Å². The molecule has 5 rings (SSSR count). The van der Waals surface area contributed by atoms with E-state index in [4.69, 9.17) is 18.9 Å². The minimum Gasteiger partial charge on any atom is -0.493 e. The van der Waals surface area contributed by atoms with Gasteiger partial charge >= 0.3 is 18.4 Å². The van der Waals surface area contributed by atoms with Crippen LogP contribution >= 0.6 is 0 Å². The van der Waals surface area contributed by atoms with Crippen molar-refractivity contribution in [2.75, 3.05) is 57.2 Å². The number of ether oxygens (including phenoxy) is 4. The number of fused-ring (bicyclic) bond motifs is 1. The van der Waals surface area contributed by atoms with Crippen LogP contribution in [-0.2, 0) is 17.1 Å². The molecule has 9 nitrogen and oxygen atoms in total. The fraction of sp³-hybridized carbons (Fsp3) is 0.312. The minimum atomic E-state index is -5.05. The molecule has 0 bridgehead atoms. The monoisotopic (exact) mass is 664 g/mol. The maximum Gasteiger partial charge on any atom is 0.416 e. The molecule has 2 N–H and O–H groups in total. The predicted octanol–water partition coefficient (Wildman–Crippen LogP) is 7.74. The second kappa shape index (κ2) is 13.9. The minimum absolute atomic E-state index is 0.0223. The molecule has 15 heteroatoms. The third kappa shape index (κ3) is 8.74. The number of carbonyl (C=O) groups excluding carboxylic acids is 1. The van der Waals surface area contributed by atoms with E-state index in [1.165, 1.54) is 24.3 Å². The topological polar surface area (TPSA) is 94.2 Å². The summed E-state index contributed by atoms with van der Waals surface area (Å²) in [6.45, 7) is 6.11. The highest BCUT2D eigenvalue weighted by molar-refractivity contribution is 5.99. The number of alkyl halides is 6. The number of nitrogens with one attached hydrogen (secondary N) is 2. The Kier molecular flexibility index (Phi) is 9.96. The number of nitrogens with zero attached hydrogens (tertiary/aromatic N) is 2. The largest absolute Gasteiger partial charge is 0.493 e. The predicted molar refractivity (Wildman–Crippen MR) is 161 cm³/mol. The summed E-state index contributed by atoms with van der Waals surface area (Å²) in [6.07, 6.45) is -10.1. The summed E-state index contributed by atoms with van der Waals surface area (Å²) < 4.78 is 102. The lowest BCUT2D eigenvalue weighted by atomic mass is 10.1. The van der Waals surface area contributed by atoms with Gasteiger partial charge < -0.3 is 29.6 Å². The van der Waals surface area contributed by atoms with Crippen molar-refractivity contribution in [3.8, 4) is 23.0 Å². The highest BCUT2D eigenvalue weighted by Crippen LogP contribution is 2.38. The molecule has 0 atom stereocenters. The van der Waals surface area contributed by atoms with Crippen molar-refractivity contribution in [3.63, 3.8) is 0 Å². The number of methoxy groups -OCH3 is 1. The van der Waals surface area contributed by atoms with Gasteiger partial charge in [-0.25, -0.2) is 9.78 Å². The third-order valence-electron chi connectivity index (χ3n) is 7.20. The summed E-state index contributed by atoms with van der Waals surface area (Å²) in [4.78, 5) is 19.3. The molecule has 0 spiro atoms. The zero-order valence-corrected chi connectivity index (χ0v) is 25.2. The van der Waals surface area contributed by atoms with E-state index in [0.29, 0.717) is 66.2 Å². The first-order valence-corrected chi connectivity index (χ1v) is 14.4. The number of benzene rings is 3. The van der Waals surface area contributed by atoms with E-state index in [1.807, 2.05) is 5.32 Å². The number of pyridine rings is 1. The SMILES string of the molecule is COc1cc2cc(Oc3ccc(NC(=O)Nc4cc(C(F)(F)F)cc(C(F)(F)F)c4)cc3)c(C)nc2cc1OCCN1CCOCC1. The van der Waals surface area contributed by atoms with E-state index in [-0.39, 0.29) is 11.8 Å². The van der Waals surface area contributed by atoms with Crippen LogP contribution < -0.4 is 24.8 Å². The molecule has 0 saturated carbocycles. The summed E-state index contributed by atoms with van der Waals surface area (Å²) in [6, 6.07) is 11.1. The molecule has 0 unspecified atom stereocenters. The first-order valence-electron chi connectivity index (χ1n) is 14.4. The summed E-state index contributed by atoms with van der Waals surface area (Å²) >= 11 is 0. The van der Waals surface area contributed by atoms with Gasteiger partial charge in [0.25, 0.3) is 0 Å². The van der Waals surface area contributed by atoms with Gasteiger partial charge in [0.1, 0.15) is 18.1 Å². The Balaban J connectivity index is 1.23. The van der Waals surface area contributed by atoms with Crippen molar-refractivity contribution in [2.24, 2.45) is 0 Å². The van der Waals surface area contributed by atoms with Crippen LogP contribution in [0.15, 0.2) is 60.7 Å². The summed E-state index contributed by atoms with van der Waals surface area (Å²) in [5.74, 6) is 1.92. The van der Waals surface area contributed by atoms with Crippen LogP contribution in [0, 0.1) is 6.92 Å². The zero-order chi connectivity index (χ0) is 33.8. The Hall–Kier alpha value is -4.76. The summed E-state index contributed by atoms with van der Waals surface area (Å²) in [7, 11) is 1.55. The van der Waals surface area contributed by atoms with Gasteiger partial charge in [0.05, 0.1) is 42.7 Å². The van der Waals surface area contributed by atoms with Gasteiger partial charge in [-0.15, -0.1) is 0 Å². The van der Waals surface area contributed by atoms with E-state index in [1.54, 1.807) is 32.2 Å². The average molecular weight is 665 g/mol. The standard InChI is InChI=1S/C32H30F6N4O5/c1-19-27(13-20-14-28(44-2)29(18-26(20)39-19)46-12-9-42-7-10-45-11-8-42)47-25-5-3-23(4-6-25)40-30(43)41-24-16-21(31(33,34)35)15-22(17-24)32(36,37)38/h3-6,13-18H,7-12H2,1-2H3,(H2,40,41,43). The normalized spacial score (nSPS) is 14.1. The molecule has 1 saturated heterocycles. The van der Waals surface area contributed by atoms with Crippen molar-refractivity contribution < 1.29 is 50.1 Å². The van der Waals surface area contributed by atoms with Crippen molar-refractivity contribution in [1.29, 1.82) is 0 Å². The number of carbonyl (C=O) groups is 1. The lowest BCUT2D eigenvalue weighted by Crippen LogP contribution is -2.38. The van der Waals surface area contributed by atoms with E-state index >= 15 is 0 Å². The quantitative estimate of drug-likeness (QED) is 0.177. The lowest BCUT2D eigenvalue weighted by molar-refractivity contribution is -0.143. The number of urea groups is 1. The van der Waals surface area contributed by atoms with Crippen LogP contribution in [0.4, 0.5) is 42.5 Å². The van der Waals surface area contributed by atoms with Crippen LogP contribution in [0.5, 0.6) is 23.0 Å². The molecule has 47 heavy (non-hydrogen) atoms. The second-order valence-electron chi connectivity index (χ2n) is 10.6. The van der Waals surface area contributed by atoms with Crippen LogP contribution in [0.2, 0.25) is 0 Å². The first kappa shape index (κ1) is 33.6. The molecule has 0 radical (unpaired) electrons. The number of hydrogen-bond donors (Lipinski definition) is 2. The van der Waals surface area contributed by atoms with Gasteiger partial charge in [0.15, 0.2) is 11.5 Å². The van der Waals surface area contributed by atoms with E-state index in [9.17, 15) is 31.1 Å². The van der Waals surface area contributed by atoms with Gasteiger partial charge in [-0.1, -0.05) is 0 Å². The van der Waals surface area contributed by atoms with Gasteiger partial charge in [-0.05, 0) is 61.5 Å². The van der Waals surface area contributed by atoms with Gasteiger partial charge in [-0.3, -0.25) is 4.90 Å². The first-order chi connectivity index (χ1) is 22.3. The number of morpholine rings is 1. The van der Waals surface area contributed by atoms with Crippen LogP contribution in [-0.4, -0.2) is 62.5 Å². The molecule has 4 aromatic rings. The Morgan fingerprint density at radius 3 is 2.09 bits per heavy atom. The molecule has 1 aliphatic heterocycles. The maximum absolute atomic E-state index is 13.1. The summed E-state index contributed by atoms with van der Waals surface area (Å²) in [5.41, 5.74) is -2.30. The molecule has 1 fully saturated rings. The Labute approximate surface area is 265 Å². The number of halogens is 6. The maximum atomic E-state index is 13.1. The molecule has 0 aliphatic carbocycles. The zero-order valence-electron chi connectivity index (χ0n) is 25.2. The molecular formula is C32H30F6N4O5. The van der Waals surface area contributed by atoms with Crippen LogP contribution in [0.25, 0.3) is 10.9 Å². The highest BCUT2D eigenvalue weighted by Gasteiger charge is 2.37. The molecule has 1 aliphatic rings. The lowest BCUT2D eigenvalue weighted by Gasteiger charge is -2.26. The van der Waals surface area contributed by atoms with E-state index < -0.39 is 35.2 Å². The van der Waals surface area contributed by atoms with E-state index in [2.05, 4.69) is 15.2 Å². The number of anilines is 2. The molecule has 2 amide bonds. The fourth-order valence-corrected chi connectivity index (χ4v) is 4.80. The number of amides is 2. The summed E-state index contributed by atoms with van der Waals surface area (Å²) in [5, 5.41) is 5.13. The highest BCUT2D eigenvalue weighted by atomic mass is 19.4. The van der Waals surface area contributed by atoms with Crippen LogP contribution in [0.1, 0.15) is 16.8 Å². The number of aromatic nitrogens is 1. The van der Waals surface area contributed by atoms with E-state index in [0.717, 1.165) is 25.0 Å². The van der Waals surface area contributed by atoms with Crippen molar-refractivity contribution in [3.05, 3.63) is 77.5 Å². The second-order valence-corrected chi connectivity index (χ2v) is 10.6. The molecular weight excluding hydrogens is 634 g/mol. The van der Waals surface area contributed by atoms with Crippen molar-refractivity contribution >= 4 is 28.3 Å². The fourth-order valence-electron chi connectivity index (χ4n) is 4.80. The number of aryl methyl sites for hydroxylation is 1. The average Bonchev–Trinajstić information content (AvgIpc) is 3.01. The van der Waals surface area contributed by atoms with Gasteiger partial charge in [-0.2, -0.15) is 26.3 Å². The molecule has 2 heterocycles. The van der Waals surface area contributed by atoms with Crippen molar-refractivity contribution in [1.82, 2.24) is 9.88 Å². The number of rotatable bonds is 9. The molecule has 1 aromatic heterocycles. The molecule has 3 aromatic carbocycles. The van der Waals surface area contributed by atoms with Crippen molar-refractivity contribution in [2.45, 2.75) is 19.3 Å². The number of hydrogen-bond acceptors (Lipinski definition) is 7. The Morgan fingerprint density at radius 2 is 1.47 bits per heavy atom. The Morgan fingerprint density at radius 1 is 0.851 bits per heavy atom. The Bertz CT molecular complexity index is 1690. The molecule has 250 valence electrons.